The van der Waals surface area contributed by atoms with Crippen LogP contribution in [-0.4, -0.2) is 75.6 Å². The predicted octanol–water partition coefficient (Wildman–Crippen LogP) is 0.428. The number of morpholine rings is 1. The average molecular weight is 498 g/mol. The summed E-state index contributed by atoms with van der Waals surface area (Å²) >= 11 is 0. The molecule has 0 bridgehead atoms. The van der Waals surface area contributed by atoms with Gasteiger partial charge in [-0.25, -0.2) is 5.43 Å². The third kappa shape index (κ3) is 6.42. The van der Waals surface area contributed by atoms with E-state index in [1.165, 1.54) is 13.3 Å². The highest BCUT2D eigenvalue weighted by Gasteiger charge is 2.18. The number of hydrazone groups is 1. The normalized spacial score (nSPS) is 14.4. The smallest absolute Gasteiger partial charge is 0.329 e. The number of nitrogens with zero attached hydrogens (tertiary/aromatic N) is 2. The van der Waals surface area contributed by atoms with E-state index in [0.29, 0.717) is 54.9 Å². The molecule has 0 saturated carbocycles. The minimum atomic E-state index is -0.916. The number of rotatable bonds is 8. The number of ether oxygens (including phenoxy) is 5. The van der Waals surface area contributed by atoms with Gasteiger partial charge in [0.05, 0.1) is 26.5 Å². The van der Waals surface area contributed by atoms with Crippen LogP contribution >= 0.6 is 0 Å². The highest BCUT2D eigenvalue weighted by atomic mass is 16.7. The molecule has 4 rings (SSSR count). The highest BCUT2D eigenvalue weighted by molar-refractivity contribution is 6.35. The SMILES string of the molecule is COc1cc(/C=N/NC(=O)C(=O)NCc2ccc3c(c2)OCO3)ccc1OCC(=O)N1CCOCC1. The first-order chi connectivity index (χ1) is 17.5. The largest absolute Gasteiger partial charge is 0.493 e. The van der Waals surface area contributed by atoms with Crippen molar-refractivity contribution < 1.29 is 38.1 Å². The second-order valence-electron chi connectivity index (χ2n) is 7.76. The molecule has 0 spiro atoms. The number of carbonyl (C=O) groups is 3. The van der Waals surface area contributed by atoms with Crippen LogP contribution in [0.2, 0.25) is 0 Å². The summed E-state index contributed by atoms with van der Waals surface area (Å²) in [6.07, 6.45) is 1.36. The summed E-state index contributed by atoms with van der Waals surface area (Å²) in [5, 5.41) is 6.33. The zero-order valence-electron chi connectivity index (χ0n) is 19.7. The Morgan fingerprint density at radius 1 is 1.03 bits per heavy atom. The second-order valence-corrected chi connectivity index (χ2v) is 7.76. The van der Waals surface area contributed by atoms with Gasteiger partial charge in [0, 0.05) is 19.6 Å². The summed E-state index contributed by atoms with van der Waals surface area (Å²) in [7, 11) is 1.47. The van der Waals surface area contributed by atoms with Crippen LogP contribution in [0.3, 0.4) is 0 Å². The van der Waals surface area contributed by atoms with Gasteiger partial charge in [0.25, 0.3) is 5.91 Å². The number of carbonyl (C=O) groups excluding carboxylic acids is 3. The van der Waals surface area contributed by atoms with Gasteiger partial charge in [-0.2, -0.15) is 5.10 Å². The average Bonchev–Trinajstić information content (AvgIpc) is 3.39. The zero-order valence-corrected chi connectivity index (χ0v) is 19.7. The van der Waals surface area contributed by atoms with Gasteiger partial charge in [0.1, 0.15) is 0 Å². The van der Waals surface area contributed by atoms with Crippen molar-refractivity contribution in [3.05, 3.63) is 47.5 Å². The number of amides is 3. The minimum Gasteiger partial charge on any atom is -0.493 e. The Kier molecular flexibility index (Phi) is 8.19. The quantitative estimate of drug-likeness (QED) is 0.304. The van der Waals surface area contributed by atoms with Crippen LogP contribution in [0.1, 0.15) is 11.1 Å². The number of fused-ring (bicyclic) bond motifs is 1. The molecule has 1 saturated heterocycles. The third-order valence-electron chi connectivity index (χ3n) is 5.38. The monoisotopic (exact) mass is 498 g/mol. The van der Waals surface area contributed by atoms with Crippen molar-refractivity contribution in [2.45, 2.75) is 6.54 Å². The Balaban J connectivity index is 1.24. The maximum Gasteiger partial charge on any atom is 0.329 e. The van der Waals surface area contributed by atoms with E-state index in [2.05, 4.69) is 15.8 Å². The van der Waals surface area contributed by atoms with Crippen LogP contribution in [0.15, 0.2) is 41.5 Å². The maximum absolute atomic E-state index is 12.3. The molecule has 0 unspecified atom stereocenters. The van der Waals surface area contributed by atoms with E-state index in [4.69, 9.17) is 23.7 Å². The summed E-state index contributed by atoms with van der Waals surface area (Å²) in [6, 6.07) is 10.2. The summed E-state index contributed by atoms with van der Waals surface area (Å²) in [5.41, 5.74) is 3.52. The van der Waals surface area contributed by atoms with Gasteiger partial charge in [-0.05, 0) is 41.5 Å². The standard InChI is InChI=1S/C24H26N4O8/c1-32-20-10-17(3-4-18(20)34-14-22(29)28-6-8-33-9-7-28)13-26-27-24(31)23(30)25-12-16-2-5-19-21(11-16)36-15-35-19/h2-5,10-11,13H,6-9,12,14-15H2,1H3,(H,25,30)(H,27,31)/b26-13+. The van der Waals surface area contributed by atoms with Gasteiger partial charge in [-0.3, -0.25) is 14.4 Å². The van der Waals surface area contributed by atoms with Gasteiger partial charge in [0.15, 0.2) is 29.6 Å². The Morgan fingerprint density at radius 3 is 2.64 bits per heavy atom. The molecule has 3 amide bonds. The first-order valence-electron chi connectivity index (χ1n) is 11.2. The summed E-state index contributed by atoms with van der Waals surface area (Å²) < 4.78 is 26.7. The lowest BCUT2D eigenvalue weighted by Gasteiger charge is -2.26. The fraction of sp³-hybridized carbons (Fsp3) is 0.333. The number of methoxy groups -OCH3 is 1. The Hall–Kier alpha value is -4.32. The molecule has 12 nitrogen and oxygen atoms in total. The van der Waals surface area contributed by atoms with Gasteiger partial charge in [-0.15, -0.1) is 0 Å². The van der Waals surface area contributed by atoms with Crippen molar-refractivity contribution >= 4 is 23.9 Å². The van der Waals surface area contributed by atoms with Crippen LogP contribution in [-0.2, 0) is 25.7 Å². The van der Waals surface area contributed by atoms with Crippen molar-refractivity contribution in [2.75, 3.05) is 46.8 Å². The number of nitrogens with one attached hydrogen (secondary N) is 2. The molecule has 2 aromatic rings. The predicted molar refractivity (Wildman–Crippen MR) is 126 cm³/mol. The molecule has 12 heteroatoms. The van der Waals surface area contributed by atoms with Crippen LogP contribution in [0, 0.1) is 0 Å². The Labute approximate surface area is 207 Å². The molecule has 2 aromatic carbocycles. The van der Waals surface area contributed by atoms with Crippen molar-refractivity contribution in [1.82, 2.24) is 15.6 Å². The number of hydrogen-bond acceptors (Lipinski definition) is 9. The molecule has 2 N–H and O–H groups in total. The molecular weight excluding hydrogens is 472 g/mol. The van der Waals surface area contributed by atoms with Crippen LogP contribution < -0.4 is 29.7 Å². The highest BCUT2D eigenvalue weighted by Crippen LogP contribution is 2.32. The molecule has 2 heterocycles. The van der Waals surface area contributed by atoms with Crippen LogP contribution in [0.25, 0.3) is 0 Å². The fourth-order valence-corrected chi connectivity index (χ4v) is 3.46. The number of hydrogen-bond donors (Lipinski definition) is 2. The molecule has 0 atom stereocenters. The molecule has 1 fully saturated rings. The van der Waals surface area contributed by atoms with Gasteiger partial charge in [-0.1, -0.05) is 6.07 Å². The van der Waals surface area contributed by atoms with E-state index in [-0.39, 0.29) is 25.9 Å². The Bertz CT molecular complexity index is 1150. The summed E-state index contributed by atoms with van der Waals surface area (Å²) in [4.78, 5) is 38.0. The van der Waals surface area contributed by atoms with Gasteiger partial charge < -0.3 is 33.9 Å². The lowest BCUT2D eigenvalue weighted by Crippen LogP contribution is -2.43. The van der Waals surface area contributed by atoms with E-state index in [0.717, 1.165) is 5.56 Å². The van der Waals surface area contributed by atoms with Crippen molar-refractivity contribution in [2.24, 2.45) is 5.10 Å². The molecule has 190 valence electrons. The first kappa shape index (κ1) is 24.8. The zero-order chi connectivity index (χ0) is 25.3. The molecular formula is C24H26N4O8. The molecule has 2 aliphatic rings. The van der Waals surface area contributed by atoms with E-state index in [1.807, 2.05) is 0 Å². The van der Waals surface area contributed by atoms with Crippen LogP contribution in [0.5, 0.6) is 23.0 Å². The lowest BCUT2D eigenvalue weighted by molar-refractivity contribution is -0.139. The fourth-order valence-electron chi connectivity index (χ4n) is 3.46. The van der Waals surface area contributed by atoms with E-state index < -0.39 is 11.8 Å². The maximum atomic E-state index is 12.3. The topological polar surface area (TPSA) is 137 Å². The van der Waals surface area contributed by atoms with Crippen LogP contribution in [0.4, 0.5) is 0 Å². The molecule has 36 heavy (non-hydrogen) atoms. The number of benzene rings is 2. The van der Waals surface area contributed by atoms with Gasteiger partial charge in [0.2, 0.25) is 6.79 Å². The molecule has 2 aliphatic heterocycles. The minimum absolute atomic E-state index is 0.124. The summed E-state index contributed by atoms with van der Waals surface area (Å²) in [6.45, 7) is 2.28. The Morgan fingerprint density at radius 2 is 1.83 bits per heavy atom. The van der Waals surface area contributed by atoms with E-state index >= 15 is 0 Å². The van der Waals surface area contributed by atoms with E-state index in [1.54, 1.807) is 41.3 Å². The van der Waals surface area contributed by atoms with Crippen molar-refractivity contribution in [3.8, 4) is 23.0 Å². The summed E-state index contributed by atoms with van der Waals surface area (Å²) in [5.74, 6) is 0.119. The van der Waals surface area contributed by atoms with Crippen molar-refractivity contribution in [3.63, 3.8) is 0 Å². The van der Waals surface area contributed by atoms with E-state index in [9.17, 15) is 14.4 Å². The lowest BCUT2D eigenvalue weighted by atomic mass is 10.2. The third-order valence-corrected chi connectivity index (χ3v) is 5.38. The second kappa shape index (κ2) is 11.9. The van der Waals surface area contributed by atoms with Crippen molar-refractivity contribution in [1.29, 1.82) is 0 Å². The molecule has 0 aliphatic carbocycles. The van der Waals surface area contributed by atoms with Gasteiger partial charge >= 0.3 is 11.8 Å². The molecule has 0 aromatic heterocycles. The first-order valence-corrected chi connectivity index (χ1v) is 11.2. The molecule has 0 radical (unpaired) electrons.